The molecule has 3 heteroatoms. The first-order valence-corrected chi connectivity index (χ1v) is 6.68. The first-order valence-electron chi connectivity index (χ1n) is 6.68. The Bertz CT molecular complexity index is 581. The van der Waals surface area contributed by atoms with E-state index >= 15 is 0 Å². The molecule has 0 amide bonds. The Morgan fingerprint density at radius 2 is 1.70 bits per heavy atom. The third-order valence-electron chi connectivity index (χ3n) is 3.34. The molecule has 2 rings (SSSR count). The quantitative estimate of drug-likeness (QED) is 0.873. The molecule has 0 saturated carbocycles. The van der Waals surface area contributed by atoms with Crippen LogP contribution in [0.15, 0.2) is 54.6 Å². The van der Waals surface area contributed by atoms with Gasteiger partial charge in [-0.25, -0.2) is 0 Å². The number of hydrogen-bond donors (Lipinski definition) is 2. The van der Waals surface area contributed by atoms with E-state index in [2.05, 4.69) is 11.4 Å². The summed E-state index contributed by atoms with van der Waals surface area (Å²) < 4.78 is 0. The smallest absolute Gasteiger partial charge is 0.325 e. The van der Waals surface area contributed by atoms with Crippen molar-refractivity contribution in [2.24, 2.45) is 0 Å². The largest absolute Gasteiger partial charge is 0.480 e. The molecule has 20 heavy (non-hydrogen) atoms. The molecule has 0 spiro atoms. The van der Waals surface area contributed by atoms with E-state index in [0.717, 1.165) is 11.1 Å². The maximum absolute atomic E-state index is 11.5. The Balaban J connectivity index is 2.19. The molecule has 0 aliphatic rings. The summed E-state index contributed by atoms with van der Waals surface area (Å²) >= 11 is 0. The van der Waals surface area contributed by atoms with Crippen molar-refractivity contribution >= 4 is 5.97 Å². The Morgan fingerprint density at radius 1 is 1.05 bits per heavy atom. The topological polar surface area (TPSA) is 49.3 Å². The maximum Gasteiger partial charge on any atom is 0.325 e. The lowest BCUT2D eigenvalue weighted by molar-refractivity contribution is -0.139. The Kier molecular flexibility index (Phi) is 4.53. The molecule has 0 saturated heterocycles. The van der Waals surface area contributed by atoms with Crippen LogP contribution >= 0.6 is 0 Å². The first-order chi connectivity index (χ1) is 9.58. The number of rotatable bonds is 5. The summed E-state index contributed by atoms with van der Waals surface area (Å²) in [4.78, 5) is 11.5. The van der Waals surface area contributed by atoms with Crippen LogP contribution in [0.2, 0.25) is 0 Å². The summed E-state index contributed by atoms with van der Waals surface area (Å²) in [7, 11) is 0. The average molecular weight is 269 g/mol. The normalized spacial score (nSPS) is 13.7. The molecule has 3 nitrogen and oxygen atoms in total. The fraction of sp³-hybridized carbons (Fsp3) is 0.235. The highest BCUT2D eigenvalue weighted by Crippen LogP contribution is 2.20. The van der Waals surface area contributed by atoms with E-state index < -0.39 is 12.0 Å². The van der Waals surface area contributed by atoms with E-state index in [9.17, 15) is 9.90 Å². The molecule has 2 atom stereocenters. The number of aryl methyl sites for hydroxylation is 1. The van der Waals surface area contributed by atoms with Crippen molar-refractivity contribution in [3.8, 4) is 0 Å². The second-order valence-electron chi connectivity index (χ2n) is 4.98. The van der Waals surface area contributed by atoms with E-state index in [0.29, 0.717) is 0 Å². The van der Waals surface area contributed by atoms with Crippen LogP contribution < -0.4 is 5.32 Å². The standard InChI is InChI=1S/C17H19NO2/c1-12-7-6-10-15(11-12)13(2)18-16(17(19)20)14-8-4-3-5-9-14/h3-11,13,16,18H,1-2H3,(H,19,20)/t13-,16?/m0/s1. The van der Waals surface area contributed by atoms with Gasteiger partial charge in [0.25, 0.3) is 0 Å². The zero-order valence-electron chi connectivity index (χ0n) is 11.7. The Morgan fingerprint density at radius 3 is 2.30 bits per heavy atom. The molecule has 0 radical (unpaired) electrons. The lowest BCUT2D eigenvalue weighted by atomic mass is 10.0. The molecule has 0 bridgehead atoms. The van der Waals surface area contributed by atoms with E-state index in [4.69, 9.17) is 0 Å². The number of carbonyl (C=O) groups is 1. The van der Waals surface area contributed by atoms with E-state index in [1.807, 2.05) is 62.4 Å². The third kappa shape index (κ3) is 3.45. The fourth-order valence-electron chi connectivity index (χ4n) is 2.24. The van der Waals surface area contributed by atoms with Gasteiger partial charge in [-0.15, -0.1) is 0 Å². The van der Waals surface area contributed by atoms with Gasteiger partial charge in [0.15, 0.2) is 0 Å². The number of carboxylic acid groups (broad SMARTS) is 1. The van der Waals surface area contributed by atoms with E-state index in [1.165, 1.54) is 5.56 Å². The summed E-state index contributed by atoms with van der Waals surface area (Å²) in [5.41, 5.74) is 3.02. The molecule has 0 fully saturated rings. The molecule has 2 aromatic carbocycles. The molecule has 2 N–H and O–H groups in total. The van der Waals surface area contributed by atoms with E-state index in [1.54, 1.807) is 0 Å². The summed E-state index contributed by atoms with van der Waals surface area (Å²) in [6.07, 6.45) is 0. The number of carboxylic acids is 1. The summed E-state index contributed by atoms with van der Waals surface area (Å²) in [6, 6.07) is 16.6. The van der Waals surface area contributed by atoms with Gasteiger partial charge in [0, 0.05) is 6.04 Å². The number of aliphatic carboxylic acids is 1. The Labute approximate surface area is 119 Å². The van der Waals surface area contributed by atoms with Gasteiger partial charge >= 0.3 is 5.97 Å². The highest BCUT2D eigenvalue weighted by atomic mass is 16.4. The summed E-state index contributed by atoms with van der Waals surface area (Å²) in [5.74, 6) is -0.865. The monoisotopic (exact) mass is 269 g/mol. The van der Waals surface area contributed by atoms with Gasteiger partial charge in [0.05, 0.1) is 0 Å². The number of hydrogen-bond acceptors (Lipinski definition) is 2. The van der Waals surface area contributed by atoms with Gasteiger partial charge in [0.2, 0.25) is 0 Å². The van der Waals surface area contributed by atoms with Crippen LogP contribution in [0.5, 0.6) is 0 Å². The van der Waals surface area contributed by atoms with Gasteiger partial charge in [-0.2, -0.15) is 0 Å². The van der Waals surface area contributed by atoms with Gasteiger partial charge < -0.3 is 5.11 Å². The van der Waals surface area contributed by atoms with Crippen molar-refractivity contribution in [3.05, 3.63) is 71.3 Å². The first kappa shape index (κ1) is 14.3. The molecule has 1 unspecified atom stereocenters. The van der Waals surface area contributed by atoms with Crippen molar-refractivity contribution in [2.75, 3.05) is 0 Å². The Hall–Kier alpha value is -2.13. The van der Waals surface area contributed by atoms with Gasteiger partial charge in [-0.05, 0) is 25.0 Å². The van der Waals surface area contributed by atoms with E-state index in [-0.39, 0.29) is 6.04 Å². The molecule has 0 heterocycles. The SMILES string of the molecule is Cc1cccc([C@H](C)NC(C(=O)O)c2ccccc2)c1. The number of nitrogens with one attached hydrogen (secondary N) is 1. The third-order valence-corrected chi connectivity index (χ3v) is 3.34. The van der Waals surface area contributed by atoms with Crippen molar-refractivity contribution in [3.63, 3.8) is 0 Å². The van der Waals surface area contributed by atoms with Gasteiger partial charge in [-0.3, -0.25) is 10.1 Å². The molecule has 0 aliphatic heterocycles. The predicted molar refractivity (Wildman–Crippen MR) is 79.5 cm³/mol. The van der Waals surface area contributed by atoms with Crippen LogP contribution in [0.3, 0.4) is 0 Å². The molecular weight excluding hydrogens is 250 g/mol. The molecule has 104 valence electrons. The molecular formula is C17H19NO2. The van der Waals surface area contributed by atoms with Crippen LogP contribution in [-0.4, -0.2) is 11.1 Å². The van der Waals surface area contributed by atoms with Crippen molar-refractivity contribution < 1.29 is 9.90 Å². The minimum Gasteiger partial charge on any atom is -0.480 e. The number of benzene rings is 2. The maximum atomic E-state index is 11.5. The van der Waals surface area contributed by atoms with Gasteiger partial charge in [-0.1, -0.05) is 60.2 Å². The zero-order chi connectivity index (χ0) is 14.5. The van der Waals surface area contributed by atoms with Crippen molar-refractivity contribution in [1.29, 1.82) is 0 Å². The molecule has 0 aliphatic carbocycles. The minimum absolute atomic E-state index is 0.0313. The highest BCUT2D eigenvalue weighted by molar-refractivity contribution is 5.75. The van der Waals surface area contributed by atoms with Crippen molar-refractivity contribution in [1.82, 2.24) is 5.32 Å². The van der Waals surface area contributed by atoms with Crippen molar-refractivity contribution in [2.45, 2.75) is 25.9 Å². The van der Waals surface area contributed by atoms with Crippen LogP contribution in [0.25, 0.3) is 0 Å². The highest BCUT2D eigenvalue weighted by Gasteiger charge is 2.21. The zero-order valence-corrected chi connectivity index (χ0v) is 11.7. The lowest BCUT2D eigenvalue weighted by Crippen LogP contribution is -2.30. The van der Waals surface area contributed by atoms with Crippen LogP contribution in [0.4, 0.5) is 0 Å². The molecule has 2 aromatic rings. The summed E-state index contributed by atoms with van der Waals surface area (Å²) in [5, 5.41) is 12.6. The summed E-state index contributed by atoms with van der Waals surface area (Å²) in [6.45, 7) is 4.01. The van der Waals surface area contributed by atoms with Gasteiger partial charge in [0.1, 0.15) is 6.04 Å². The lowest BCUT2D eigenvalue weighted by Gasteiger charge is -2.21. The fourth-order valence-corrected chi connectivity index (χ4v) is 2.24. The predicted octanol–water partition coefficient (Wildman–Crippen LogP) is 3.47. The van der Waals surface area contributed by atoms with Crippen LogP contribution in [0, 0.1) is 6.92 Å². The minimum atomic E-state index is -0.865. The average Bonchev–Trinajstić information content (AvgIpc) is 2.45. The molecule has 0 aromatic heterocycles. The van der Waals surface area contributed by atoms with Crippen LogP contribution in [-0.2, 0) is 4.79 Å². The second kappa shape index (κ2) is 6.35. The second-order valence-corrected chi connectivity index (χ2v) is 4.98. The van der Waals surface area contributed by atoms with Crippen LogP contribution in [0.1, 0.15) is 35.7 Å².